The van der Waals surface area contributed by atoms with Crippen LogP contribution in [-0.4, -0.2) is 40.6 Å². The van der Waals surface area contributed by atoms with Crippen molar-refractivity contribution < 1.29 is 29.0 Å². The number of allylic oxidation sites excluding steroid dienone is 4. The molecule has 0 spiro atoms. The summed E-state index contributed by atoms with van der Waals surface area (Å²) in [5.74, 6) is -1.24. The first kappa shape index (κ1) is 20.2. The van der Waals surface area contributed by atoms with Crippen LogP contribution in [0.15, 0.2) is 23.8 Å². The minimum absolute atomic E-state index is 0.0286. The molecule has 0 amide bonds. The summed E-state index contributed by atoms with van der Waals surface area (Å²) in [6.07, 6.45) is 7.68. The molecule has 156 valence electrons. The van der Waals surface area contributed by atoms with Gasteiger partial charge in [-0.3, -0.25) is 19.2 Å². The Labute approximate surface area is 170 Å². The molecule has 0 aromatic carbocycles. The number of ketones is 3. The Kier molecular flexibility index (Phi) is 4.50. The van der Waals surface area contributed by atoms with E-state index in [9.17, 15) is 24.3 Å². The topological polar surface area (TPSA) is 97.7 Å². The molecular formula is C23H28O6. The second kappa shape index (κ2) is 6.46. The van der Waals surface area contributed by atoms with Crippen molar-refractivity contribution in [2.24, 2.45) is 28.6 Å². The number of carbonyl (C=O) groups excluding carboxylic acids is 4. The van der Waals surface area contributed by atoms with Crippen LogP contribution in [0.25, 0.3) is 0 Å². The zero-order valence-electron chi connectivity index (χ0n) is 17.2. The zero-order valence-corrected chi connectivity index (χ0v) is 17.2. The first-order valence-electron chi connectivity index (χ1n) is 10.4. The van der Waals surface area contributed by atoms with Gasteiger partial charge in [-0.15, -0.1) is 0 Å². The molecule has 3 fully saturated rings. The molecule has 29 heavy (non-hydrogen) atoms. The van der Waals surface area contributed by atoms with Gasteiger partial charge < -0.3 is 9.84 Å². The monoisotopic (exact) mass is 400 g/mol. The number of rotatable bonds is 3. The van der Waals surface area contributed by atoms with Gasteiger partial charge in [-0.25, -0.2) is 0 Å². The number of esters is 1. The number of fused-ring (bicyclic) bond motifs is 5. The molecule has 4 rings (SSSR count). The summed E-state index contributed by atoms with van der Waals surface area (Å²) in [5.41, 5.74) is -1.99. The molecule has 6 nitrogen and oxygen atoms in total. The van der Waals surface area contributed by atoms with Crippen molar-refractivity contribution in [3.8, 4) is 0 Å². The van der Waals surface area contributed by atoms with Crippen molar-refractivity contribution in [3.63, 3.8) is 0 Å². The first-order valence-corrected chi connectivity index (χ1v) is 10.4. The van der Waals surface area contributed by atoms with Crippen LogP contribution in [0, 0.1) is 28.6 Å². The van der Waals surface area contributed by atoms with Crippen LogP contribution in [0.4, 0.5) is 0 Å². The van der Waals surface area contributed by atoms with Crippen LogP contribution < -0.4 is 0 Å². The molecule has 0 saturated heterocycles. The van der Waals surface area contributed by atoms with Crippen LogP contribution in [0.3, 0.4) is 0 Å². The average molecular weight is 400 g/mol. The van der Waals surface area contributed by atoms with Crippen molar-refractivity contribution in [1.82, 2.24) is 0 Å². The van der Waals surface area contributed by atoms with Gasteiger partial charge in [-0.1, -0.05) is 25.5 Å². The maximum Gasteiger partial charge on any atom is 0.303 e. The Morgan fingerprint density at radius 2 is 1.97 bits per heavy atom. The molecule has 4 aliphatic carbocycles. The summed E-state index contributed by atoms with van der Waals surface area (Å²) in [5, 5.41) is 11.4. The van der Waals surface area contributed by atoms with E-state index >= 15 is 0 Å². The molecule has 3 saturated carbocycles. The third kappa shape index (κ3) is 2.71. The fourth-order valence-electron chi connectivity index (χ4n) is 6.78. The van der Waals surface area contributed by atoms with Crippen LogP contribution in [0.5, 0.6) is 0 Å². The van der Waals surface area contributed by atoms with E-state index < -0.39 is 34.8 Å². The quantitative estimate of drug-likeness (QED) is 0.730. The number of aliphatic hydroxyl groups is 1. The predicted octanol–water partition coefficient (Wildman–Crippen LogP) is 2.34. The molecule has 0 aromatic heterocycles. The maximum absolute atomic E-state index is 13.4. The Bertz CT molecular complexity index is 869. The summed E-state index contributed by atoms with van der Waals surface area (Å²) in [6, 6.07) is 0. The molecule has 1 N–H and O–H groups in total. The maximum atomic E-state index is 13.4. The number of Topliss-reactive ketones (excluding diaryl/α,β-unsaturated/α-hetero) is 2. The van der Waals surface area contributed by atoms with E-state index in [4.69, 9.17) is 4.74 Å². The smallest absolute Gasteiger partial charge is 0.303 e. The van der Waals surface area contributed by atoms with E-state index in [2.05, 4.69) is 0 Å². The molecule has 6 heteroatoms. The van der Waals surface area contributed by atoms with Gasteiger partial charge in [0.2, 0.25) is 5.78 Å². The lowest BCUT2D eigenvalue weighted by Crippen LogP contribution is -2.60. The molecule has 4 aliphatic rings. The Morgan fingerprint density at radius 1 is 1.24 bits per heavy atom. The van der Waals surface area contributed by atoms with Crippen molar-refractivity contribution >= 4 is 23.3 Å². The van der Waals surface area contributed by atoms with E-state index in [1.807, 2.05) is 19.9 Å². The lowest BCUT2D eigenvalue weighted by molar-refractivity contribution is -0.172. The molecule has 0 unspecified atom stereocenters. The summed E-state index contributed by atoms with van der Waals surface area (Å²) in [4.78, 5) is 49.2. The van der Waals surface area contributed by atoms with E-state index in [1.165, 1.54) is 6.92 Å². The van der Waals surface area contributed by atoms with Crippen LogP contribution in [-0.2, 0) is 23.9 Å². The Balaban J connectivity index is 1.67. The zero-order chi connectivity index (χ0) is 21.2. The molecule has 0 aromatic rings. The van der Waals surface area contributed by atoms with Gasteiger partial charge in [0.15, 0.2) is 12.4 Å². The normalized spacial score (nSPS) is 43.2. The van der Waals surface area contributed by atoms with Crippen LogP contribution in [0.2, 0.25) is 0 Å². The Morgan fingerprint density at radius 3 is 2.66 bits per heavy atom. The second-order valence-electron chi connectivity index (χ2n) is 9.64. The Hall–Kier alpha value is -2.08. The molecule has 0 aliphatic heterocycles. The minimum atomic E-state index is -1.66. The van der Waals surface area contributed by atoms with Gasteiger partial charge in [0, 0.05) is 30.1 Å². The average Bonchev–Trinajstić information content (AvgIpc) is 2.91. The highest BCUT2D eigenvalue weighted by Gasteiger charge is 2.68. The molecular weight excluding hydrogens is 372 g/mol. The van der Waals surface area contributed by atoms with Crippen LogP contribution in [0.1, 0.15) is 52.9 Å². The van der Waals surface area contributed by atoms with Gasteiger partial charge in [0.25, 0.3) is 0 Å². The molecule has 6 atom stereocenters. The fraction of sp³-hybridized carbons (Fsp3) is 0.652. The highest BCUT2D eigenvalue weighted by Crippen LogP contribution is 2.66. The third-order valence-corrected chi connectivity index (χ3v) is 8.28. The summed E-state index contributed by atoms with van der Waals surface area (Å²) < 4.78 is 4.85. The van der Waals surface area contributed by atoms with E-state index in [1.54, 1.807) is 12.2 Å². The highest BCUT2D eigenvalue weighted by atomic mass is 16.5. The van der Waals surface area contributed by atoms with Gasteiger partial charge in [0.05, 0.1) is 0 Å². The fourth-order valence-corrected chi connectivity index (χ4v) is 6.78. The summed E-state index contributed by atoms with van der Waals surface area (Å²) >= 11 is 0. The number of hydrogen-bond acceptors (Lipinski definition) is 6. The predicted molar refractivity (Wildman–Crippen MR) is 104 cm³/mol. The van der Waals surface area contributed by atoms with E-state index in [-0.39, 0.29) is 42.2 Å². The molecule has 0 radical (unpaired) electrons. The molecule has 0 heterocycles. The second-order valence-corrected chi connectivity index (χ2v) is 9.64. The van der Waals surface area contributed by atoms with E-state index in [0.29, 0.717) is 6.42 Å². The highest BCUT2D eigenvalue weighted by molar-refractivity contribution is 6.02. The van der Waals surface area contributed by atoms with Crippen molar-refractivity contribution in [2.75, 3.05) is 6.61 Å². The minimum Gasteiger partial charge on any atom is -0.458 e. The SMILES string of the molecule is CC(=O)OCC(=O)[C@]1(O)CC[C@@H]2[C@H]3CCC4=CC(=O)C=C[C@]4(C)[C@@H]3C(=O)C[C@@]21C. The van der Waals surface area contributed by atoms with Crippen molar-refractivity contribution in [3.05, 3.63) is 23.8 Å². The first-order chi connectivity index (χ1) is 13.5. The van der Waals surface area contributed by atoms with Gasteiger partial charge in [-0.05, 0) is 49.7 Å². The lowest BCUT2D eigenvalue weighted by atomic mass is 9.46. The van der Waals surface area contributed by atoms with Gasteiger partial charge in [0.1, 0.15) is 11.4 Å². The largest absolute Gasteiger partial charge is 0.458 e. The van der Waals surface area contributed by atoms with Crippen LogP contribution >= 0.6 is 0 Å². The number of hydrogen-bond donors (Lipinski definition) is 1. The molecule has 0 bridgehead atoms. The summed E-state index contributed by atoms with van der Waals surface area (Å²) in [6.45, 7) is 4.64. The van der Waals surface area contributed by atoms with E-state index in [0.717, 1.165) is 18.4 Å². The number of ether oxygens (including phenoxy) is 1. The number of carbonyl (C=O) groups is 4. The lowest BCUT2D eigenvalue weighted by Gasteiger charge is -2.56. The summed E-state index contributed by atoms with van der Waals surface area (Å²) in [7, 11) is 0. The third-order valence-electron chi connectivity index (χ3n) is 8.28. The standard InChI is InChI=1S/C23H28O6/c1-13(24)29-12-19(27)23(28)9-7-17-16-5-4-14-10-15(25)6-8-21(14,2)20(16)18(26)11-22(17,23)3/h6,8,10,16-17,20,28H,4-5,7,9,11-12H2,1-3H3/t16-,17-,20+,21+,22+,23-/m1/s1. The van der Waals surface area contributed by atoms with Crippen molar-refractivity contribution in [1.29, 1.82) is 0 Å². The van der Waals surface area contributed by atoms with Crippen molar-refractivity contribution in [2.45, 2.75) is 58.5 Å². The van der Waals surface area contributed by atoms with Gasteiger partial charge in [-0.2, -0.15) is 0 Å². The van der Waals surface area contributed by atoms with Gasteiger partial charge >= 0.3 is 5.97 Å².